The van der Waals surface area contributed by atoms with Crippen molar-refractivity contribution < 1.29 is 9.32 Å². The van der Waals surface area contributed by atoms with Gasteiger partial charge in [0.25, 0.3) is 0 Å². The lowest BCUT2D eigenvalue weighted by Crippen LogP contribution is -2.47. The molecule has 0 unspecified atom stereocenters. The molecule has 1 aromatic heterocycles. The SMILES string of the molecule is CCCC(=O)N[C@H]1CCCN(c2nc(C3CC3)no2)C1. The van der Waals surface area contributed by atoms with E-state index < -0.39 is 0 Å². The average Bonchev–Trinajstić information content (AvgIpc) is 3.17. The van der Waals surface area contributed by atoms with E-state index in [2.05, 4.69) is 20.4 Å². The fourth-order valence-corrected chi connectivity index (χ4v) is 2.66. The van der Waals surface area contributed by atoms with Crippen LogP contribution < -0.4 is 10.2 Å². The van der Waals surface area contributed by atoms with Gasteiger partial charge < -0.3 is 14.7 Å². The summed E-state index contributed by atoms with van der Waals surface area (Å²) < 4.78 is 5.36. The van der Waals surface area contributed by atoms with Crippen LogP contribution in [0.15, 0.2) is 4.52 Å². The molecular weight excluding hydrogens is 256 g/mol. The highest BCUT2D eigenvalue weighted by Crippen LogP contribution is 2.38. The summed E-state index contributed by atoms with van der Waals surface area (Å²) in [6, 6.07) is 0.806. The van der Waals surface area contributed by atoms with Gasteiger partial charge in [0.05, 0.1) is 0 Å². The molecule has 1 aromatic rings. The minimum Gasteiger partial charge on any atom is -0.352 e. The summed E-state index contributed by atoms with van der Waals surface area (Å²) in [4.78, 5) is 18.3. The zero-order valence-corrected chi connectivity index (χ0v) is 12.0. The molecule has 110 valence electrons. The van der Waals surface area contributed by atoms with Crippen LogP contribution in [0.1, 0.15) is 57.2 Å². The van der Waals surface area contributed by atoms with Crippen LogP contribution in [-0.4, -0.2) is 35.2 Å². The highest BCUT2D eigenvalue weighted by molar-refractivity contribution is 5.76. The number of piperidine rings is 1. The zero-order chi connectivity index (χ0) is 13.9. The third-order valence-electron chi connectivity index (χ3n) is 3.91. The quantitative estimate of drug-likeness (QED) is 0.889. The van der Waals surface area contributed by atoms with Crippen molar-refractivity contribution >= 4 is 11.9 Å². The first kappa shape index (κ1) is 13.4. The van der Waals surface area contributed by atoms with Gasteiger partial charge in [-0.3, -0.25) is 4.79 Å². The Balaban J connectivity index is 1.57. The molecule has 1 saturated heterocycles. The van der Waals surface area contributed by atoms with Gasteiger partial charge in [-0.2, -0.15) is 4.98 Å². The summed E-state index contributed by atoms with van der Waals surface area (Å²) in [5.74, 6) is 1.50. The molecule has 1 aliphatic heterocycles. The van der Waals surface area contributed by atoms with E-state index in [4.69, 9.17) is 4.52 Å². The Morgan fingerprint density at radius 1 is 1.45 bits per heavy atom. The molecule has 0 bridgehead atoms. The largest absolute Gasteiger partial charge is 0.352 e. The van der Waals surface area contributed by atoms with E-state index in [1.165, 1.54) is 12.8 Å². The Bertz CT molecular complexity index is 469. The maximum Gasteiger partial charge on any atom is 0.324 e. The van der Waals surface area contributed by atoms with E-state index >= 15 is 0 Å². The second-order valence-electron chi connectivity index (χ2n) is 5.81. The minimum absolute atomic E-state index is 0.142. The predicted molar refractivity (Wildman–Crippen MR) is 74.6 cm³/mol. The molecule has 2 aliphatic rings. The highest BCUT2D eigenvalue weighted by Gasteiger charge is 2.31. The van der Waals surface area contributed by atoms with Crippen molar-refractivity contribution in [3.8, 4) is 0 Å². The standard InChI is InChI=1S/C14H22N4O2/c1-2-4-12(19)15-11-5-3-8-18(9-11)14-16-13(17-20-14)10-6-7-10/h10-11H,2-9H2,1H3,(H,15,19)/t11-/m0/s1. The third-order valence-corrected chi connectivity index (χ3v) is 3.91. The molecule has 1 amide bonds. The summed E-state index contributed by atoms with van der Waals surface area (Å²) in [5.41, 5.74) is 0. The molecule has 0 spiro atoms. The van der Waals surface area contributed by atoms with E-state index in [1.54, 1.807) is 0 Å². The van der Waals surface area contributed by atoms with E-state index in [0.717, 1.165) is 38.2 Å². The lowest BCUT2D eigenvalue weighted by molar-refractivity contribution is -0.121. The summed E-state index contributed by atoms with van der Waals surface area (Å²) in [5, 5.41) is 7.14. The van der Waals surface area contributed by atoms with Crippen molar-refractivity contribution in [1.82, 2.24) is 15.5 Å². The van der Waals surface area contributed by atoms with Crippen molar-refractivity contribution in [1.29, 1.82) is 0 Å². The van der Waals surface area contributed by atoms with E-state index in [0.29, 0.717) is 18.4 Å². The van der Waals surface area contributed by atoms with Gasteiger partial charge in [-0.25, -0.2) is 0 Å². The van der Waals surface area contributed by atoms with E-state index in [-0.39, 0.29) is 11.9 Å². The number of rotatable bonds is 5. The van der Waals surface area contributed by atoms with Crippen LogP contribution in [0.3, 0.4) is 0 Å². The zero-order valence-electron chi connectivity index (χ0n) is 12.0. The van der Waals surface area contributed by atoms with Gasteiger partial charge in [0.2, 0.25) is 5.91 Å². The van der Waals surface area contributed by atoms with Gasteiger partial charge in [-0.1, -0.05) is 12.1 Å². The van der Waals surface area contributed by atoms with E-state index in [9.17, 15) is 4.79 Å². The first-order valence-electron chi connectivity index (χ1n) is 7.64. The first-order valence-corrected chi connectivity index (χ1v) is 7.64. The number of amides is 1. The Morgan fingerprint density at radius 3 is 3.05 bits per heavy atom. The lowest BCUT2D eigenvalue weighted by atomic mass is 10.1. The van der Waals surface area contributed by atoms with Crippen LogP contribution in [0, 0.1) is 0 Å². The molecular formula is C14H22N4O2. The predicted octanol–water partition coefficient (Wildman–Crippen LogP) is 1.83. The van der Waals surface area contributed by atoms with Crippen LogP contribution in [0.5, 0.6) is 0 Å². The van der Waals surface area contributed by atoms with Crippen LogP contribution >= 0.6 is 0 Å². The number of aromatic nitrogens is 2. The maximum atomic E-state index is 11.7. The number of hydrogen-bond acceptors (Lipinski definition) is 5. The summed E-state index contributed by atoms with van der Waals surface area (Å²) in [7, 11) is 0. The number of anilines is 1. The number of hydrogen-bond donors (Lipinski definition) is 1. The molecule has 2 fully saturated rings. The molecule has 0 radical (unpaired) electrons. The van der Waals surface area contributed by atoms with Gasteiger partial charge in [-0.15, -0.1) is 0 Å². The second-order valence-corrected chi connectivity index (χ2v) is 5.81. The topological polar surface area (TPSA) is 71.3 Å². The summed E-state index contributed by atoms with van der Waals surface area (Å²) in [6.45, 7) is 3.71. The Hall–Kier alpha value is -1.59. The van der Waals surface area contributed by atoms with Gasteiger partial charge >= 0.3 is 6.01 Å². The van der Waals surface area contributed by atoms with Crippen molar-refractivity contribution in [3.63, 3.8) is 0 Å². The molecule has 1 atom stereocenters. The van der Waals surface area contributed by atoms with Crippen LogP contribution in [-0.2, 0) is 4.79 Å². The monoisotopic (exact) mass is 278 g/mol. The molecule has 1 saturated carbocycles. The van der Waals surface area contributed by atoms with Gasteiger partial charge in [0.1, 0.15) is 0 Å². The molecule has 3 rings (SSSR count). The normalized spacial score (nSPS) is 22.9. The van der Waals surface area contributed by atoms with Gasteiger partial charge in [0.15, 0.2) is 5.82 Å². The number of nitrogens with one attached hydrogen (secondary N) is 1. The number of nitrogens with zero attached hydrogens (tertiary/aromatic N) is 3. The minimum atomic E-state index is 0.142. The summed E-state index contributed by atoms with van der Waals surface area (Å²) >= 11 is 0. The smallest absolute Gasteiger partial charge is 0.324 e. The highest BCUT2D eigenvalue weighted by atomic mass is 16.5. The van der Waals surface area contributed by atoms with Crippen LogP contribution in [0.25, 0.3) is 0 Å². The third kappa shape index (κ3) is 3.11. The molecule has 2 heterocycles. The number of carbonyl (C=O) groups excluding carboxylic acids is 1. The Morgan fingerprint density at radius 2 is 2.30 bits per heavy atom. The van der Waals surface area contributed by atoms with Crippen LogP contribution in [0.4, 0.5) is 6.01 Å². The van der Waals surface area contributed by atoms with Gasteiger partial charge in [-0.05, 0) is 32.1 Å². The Labute approximate surface area is 118 Å². The molecule has 1 aliphatic carbocycles. The Kier molecular flexibility index (Phi) is 3.89. The van der Waals surface area contributed by atoms with Crippen molar-refractivity contribution in [2.45, 2.75) is 57.4 Å². The van der Waals surface area contributed by atoms with Crippen molar-refractivity contribution in [2.75, 3.05) is 18.0 Å². The van der Waals surface area contributed by atoms with Crippen molar-refractivity contribution in [2.24, 2.45) is 0 Å². The fourth-order valence-electron chi connectivity index (χ4n) is 2.66. The molecule has 0 aromatic carbocycles. The maximum absolute atomic E-state index is 11.7. The van der Waals surface area contributed by atoms with E-state index in [1.807, 2.05) is 6.92 Å². The first-order chi connectivity index (χ1) is 9.76. The van der Waals surface area contributed by atoms with Crippen LogP contribution in [0.2, 0.25) is 0 Å². The molecule has 20 heavy (non-hydrogen) atoms. The summed E-state index contributed by atoms with van der Waals surface area (Å²) in [6.07, 6.45) is 5.90. The molecule has 6 nitrogen and oxygen atoms in total. The lowest BCUT2D eigenvalue weighted by Gasteiger charge is -2.31. The van der Waals surface area contributed by atoms with Gasteiger partial charge in [0, 0.05) is 31.5 Å². The molecule has 1 N–H and O–H groups in total. The second kappa shape index (κ2) is 5.81. The number of carbonyl (C=O) groups is 1. The average molecular weight is 278 g/mol. The fraction of sp³-hybridized carbons (Fsp3) is 0.786. The molecule has 6 heteroatoms. The van der Waals surface area contributed by atoms with Crippen molar-refractivity contribution in [3.05, 3.63) is 5.82 Å².